The van der Waals surface area contributed by atoms with E-state index in [0.29, 0.717) is 0 Å². The van der Waals surface area contributed by atoms with E-state index in [2.05, 4.69) is 170 Å². The first-order valence-corrected chi connectivity index (χ1v) is 20.3. The lowest BCUT2D eigenvalue weighted by atomic mass is 9.67. The molecule has 0 N–H and O–H groups in total. The number of thiophene rings is 1. The Hall–Kier alpha value is -6.16. The van der Waals surface area contributed by atoms with E-state index in [1.54, 1.807) is 11.3 Å². The molecule has 2 nitrogen and oxygen atoms in total. The van der Waals surface area contributed by atoms with Crippen molar-refractivity contribution in [2.24, 2.45) is 0 Å². The molecule has 2 aromatic heterocycles. The van der Waals surface area contributed by atoms with Gasteiger partial charge in [-0.2, -0.15) is 0 Å². The van der Waals surface area contributed by atoms with Crippen molar-refractivity contribution in [3.05, 3.63) is 181 Å². The highest BCUT2D eigenvalue weighted by Crippen LogP contribution is 2.56. The van der Waals surface area contributed by atoms with E-state index in [-0.39, 0.29) is 5.41 Å². The highest BCUT2D eigenvalue weighted by atomic mass is 32.1. The van der Waals surface area contributed by atoms with Crippen LogP contribution in [0.2, 0.25) is 0 Å². The molecule has 11 rings (SSSR count). The van der Waals surface area contributed by atoms with Crippen molar-refractivity contribution in [3.63, 3.8) is 0 Å². The van der Waals surface area contributed by atoms with Crippen molar-refractivity contribution >= 4 is 31.6 Å². The summed E-state index contributed by atoms with van der Waals surface area (Å²) in [4.78, 5) is 10.5. The van der Waals surface area contributed by atoms with Crippen molar-refractivity contribution in [1.29, 1.82) is 0 Å². The second-order valence-electron chi connectivity index (χ2n) is 15.2. The second-order valence-corrected chi connectivity index (χ2v) is 16.3. The predicted molar refractivity (Wildman–Crippen MR) is 231 cm³/mol. The predicted octanol–water partition coefficient (Wildman–Crippen LogP) is 14.4. The first-order valence-electron chi connectivity index (χ1n) is 19.5. The van der Waals surface area contributed by atoms with Gasteiger partial charge in [0.05, 0.1) is 15.9 Å². The van der Waals surface area contributed by atoms with E-state index < -0.39 is 0 Å². The van der Waals surface area contributed by atoms with Crippen LogP contribution in [0.25, 0.3) is 87.5 Å². The molecular formula is C52H38N2S. The summed E-state index contributed by atoms with van der Waals surface area (Å²) in [5, 5.41) is 1.17. The molecule has 2 aliphatic carbocycles. The summed E-state index contributed by atoms with van der Waals surface area (Å²) in [7, 11) is 0. The molecule has 0 atom stereocenters. The first kappa shape index (κ1) is 32.3. The lowest BCUT2D eigenvalue weighted by molar-refractivity contribution is 0.353. The molecule has 0 unspecified atom stereocenters. The van der Waals surface area contributed by atoms with Crippen LogP contribution in [0, 0.1) is 0 Å². The van der Waals surface area contributed by atoms with Gasteiger partial charge in [-0.3, -0.25) is 0 Å². The molecule has 2 heterocycles. The van der Waals surface area contributed by atoms with Crippen LogP contribution in [-0.4, -0.2) is 9.97 Å². The van der Waals surface area contributed by atoms with Gasteiger partial charge in [-0.05, 0) is 92.7 Å². The summed E-state index contributed by atoms with van der Waals surface area (Å²) in [5.74, 6) is 0.743. The number of rotatable bonds is 5. The van der Waals surface area contributed by atoms with Gasteiger partial charge in [0.2, 0.25) is 0 Å². The Morgan fingerprint density at radius 3 is 1.80 bits per heavy atom. The monoisotopic (exact) mass is 722 g/mol. The Morgan fingerprint density at radius 2 is 1.00 bits per heavy atom. The number of benzene rings is 7. The molecule has 0 saturated heterocycles. The van der Waals surface area contributed by atoms with E-state index >= 15 is 0 Å². The number of fused-ring (bicyclic) bond motifs is 8. The number of nitrogens with zero attached hydrogens (tertiary/aromatic N) is 2. The van der Waals surface area contributed by atoms with Crippen molar-refractivity contribution in [2.45, 2.75) is 37.5 Å². The second kappa shape index (κ2) is 13.0. The Labute approximate surface area is 325 Å². The summed E-state index contributed by atoms with van der Waals surface area (Å²) < 4.78 is 2.34. The quantitative estimate of drug-likeness (QED) is 0.177. The van der Waals surface area contributed by atoms with Gasteiger partial charge in [-0.1, -0.05) is 165 Å². The Morgan fingerprint density at radius 1 is 0.418 bits per heavy atom. The summed E-state index contributed by atoms with van der Waals surface area (Å²) in [6, 6.07) is 62.1. The smallest absolute Gasteiger partial charge is 0.160 e. The minimum absolute atomic E-state index is 0.143. The Balaban J connectivity index is 0.994. The van der Waals surface area contributed by atoms with E-state index in [1.807, 2.05) is 0 Å². The fraction of sp³-hybridized carbons (Fsp3) is 0.115. The van der Waals surface area contributed by atoms with Crippen LogP contribution >= 0.6 is 11.3 Å². The molecule has 7 aromatic carbocycles. The molecule has 2 aliphatic rings. The fourth-order valence-corrected chi connectivity index (χ4v) is 10.6. The molecule has 3 heteroatoms. The maximum atomic E-state index is 5.33. The third-order valence-corrected chi connectivity index (χ3v) is 13.3. The molecule has 1 saturated carbocycles. The molecule has 0 bridgehead atoms. The average Bonchev–Trinajstić information content (AvgIpc) is 3.77. The van der Waals surface area contributed by atoms with Crippen LogP contribution in [0.1, 0.15) is 43.2 Å². The highest BCUT2D eigenvalue weighted by Gasteiger charge is 2.43. The molecule has 0 aliphatic heterocycles. The topological polar surface area (TPSA) is 25.8 Å². The van der Waals surface area contributed by atoms with E-state index in [0.717, 1.165) is 32.9 Å². The van der Waals surface area contributed by atoms with Crippen molar-refractivity contribution < 1.29 is 0 Å². The zero-order valence-electron chi connectivity index (χ0n) is 30.5. The summed E-state index contributed by atoms with van der Waals surface area (Å²) in [6.45, 7) is 0. The van der Waals surface area contributed by atoms with Gasteiger partial charge < -0.3 is 0 Å². The standard InChI is InChI=1S/C52H38N2S/c1-3-13-34(14-4-1)35-23-25-36(26-24-35)51-53-48(50-49(54-51)44-20-6-8-22-47(44)55-50)41-18-12-17-39(32-41)37-15-11-16-38(31-37)40-27-28-43-42-19-5-7-21-45(42)52(46(43)33-40)29-9-2-10-30-52/h1,3-8,11-28,31-33H,2,9-10,29-30H2. The van der Waals surface area contributed by atoms with Gasteiger partial charge in [0, 0.05) is 26.6 Å². The third kappa shape index (κ3) is 5.37. The summed E-state index contributed by atoms with van der Waals surface area (Å²) >= 11 is 1.78. The van der Waals surface area contributed by atoms with Crippen molar-refractivity contribution in [1.82, 2.24) is 9.97 Å². The molecule has 0 amide bonds. The molecule has 262 valence electrons. The minimum Gasteiger partial charge on any atom is -0.226 e. The lowest BCUT2D eigenvalue weighted by Crippen LogP contribution is -2.28. The van der Waals surface area contributed by atoms with E-state index in [9.17, 15) is 0 Å². The number of hydrogen-bond donors (Lipinski definition) is 0. The molecule has 0 radical (unpaired) electrons. The molecular weight excluding hydrogens is 685 g/mol. The van der Waals surface area contributed by atoms with Gasteiger partial charge >= 0.3 is 0 Å². The maximum Gasteiger partial charge on any atom is 0.160 e. The van der Waals surface area contributed by atoms with Crippen LogP contribution < -0.4 is 0 Å². The van der Waals surface area contributed by atoms with Gasteiger partial charge in [0.15, 0.2) is 5.82 Å². The molecule has 55 heavy (non-hydrogen) atoms. The summed E-state index contributed by atoms with van der Waals surface area (Å²) in [5.41, 5.74) is 17.5. The van der Waals surface area contributed by atoms with Gasteiger partial charge in [0.25, 0.3) is 0 Å². The largest absolute Gasteiger partial charge is 0.226 e. The van der Waals surface area contributed by atoms with Crippen LogP contribution in [0.4, 0.5) is 0 Å². The summed E-state index contributed by atoms with van der Waals surface area (Å²) in [6.07, 6.45) is 6.42. The Bertz CT molecular complexity index is 2900. The van der Waals surface area contributed by atoms with E-state index in [4.69, 9.17) is 9.97 Å². The Kier molecular flexibility index (Phi) is 7.63. The van der Waals surface area contributed by atoms with Crippen LogP contribution in [0.15, 0.2) is 170 Å². The normalized spacial score (nSPS) is 14.3. The van der Waals surface area contributed by atoms with Gasteiger partial charge in [-0.25, -0.2) is 9.97 Å². The van der Waals surface area contributed by atoms with Gasteiger partial charge in [0.1, 0.15) is 0 Å². The van der Waals surface area contributed by atoms with Crippen molar-refractivity contribution in [2.75, 3.05) is 0 Å². The van der Waals surface area contributed by atoms with Crippen LogP contribution in [0.5, 0.6) is 0 Å². The first-order chi connectivity index (χ1) is 27.2. The molecule has 1 spiro atoms. The van der Waals surface area contributed by atoms with Crippen LogP contribution in [-0.2, 0) is 5.41 Å². The van der Waals surface area contributed by atoms with E-state index in [1.165, 1.54) is 97.8 Å². The lowest BCUT2D eigenvalue weighted by Gasteiger charge is -2.36. The highest BCUT2D eigenvalue weighted by molar-refractivity contribution is 7.26. The zero-order chi connectivity index (χ0) is 36.3. The zero-order valence-corrected chi connectivity index (χ0v) is 31.3. The molecule has 1 fully saturated rings. The SMILES string of the molecule is c1ccc(-c2ccc(-c3nc(-c4cccc(-c5cccc(-c6ccc7c(c6)C6(CCCCC6)c6ccccc6-7)c5)c4)c4sc5ccccc5c4n3)cc2)cc1. The average molecular weight is 723 g/mol. The van der Waals surface area contributed by atoms with Crippen LogP contribution in [0.3, 0.4) is 0 Å². The maximum absolute atomic E-state index is 5.33. The number of hydrogen-bond acceptors (Lipinski definition) is 3. The fourth-order valence-electron chi connectivity index (χ4n) is 9.41. The third-order valence-electron chi connectivity index (χ3n) is 12.1. The number of aromatic nitrogens is 2. The minimum atomic E-state index is 0.143. The van der Waals surface area contributed by atoms with Gasteiger partial charge in [-0.15, -0.1) is 11.3 Å². The van der Waals surface area contributed by atoms with Crippen molar-refractivity contribution in [3.8, 4) is 67.2 Å². The molecule has 9 aromatic rings.